The van der Waals surface area contributed by atoms with Gasteiger partial charge in [0.25, 0.3) is 0 Å². The first-order chi connectivity index (χ1) is 21.2. The number of aromatic nitrogens is 4. The van der Waals surface area contributed by atoms with Crippen LogP contribution in [0.3, 0.4) is 0 Å². The number of halogens is 2. The second-order valence-corrected chi connectivity index (χ2v) is 10.6. The molecule has 44 heavy (non-hydrogen) atoms. The number of nitrogens with one attached hydrogen (secondary N) is 6. The summed E-state index contributed by atoms with van der Waals surface area (Å²) in [5.41, 5.74) is 3.04. The second-order valence-electron chi connectivity index (χ2n) is 8.91. The van der Waals surface area contributed by atoms with Gasteiger partial charge in [0.15, 0.2) is 5.13 Å². The molecule has 0 fully saturated rings. The van der Waals surface area contributed by atoms with Gasteiger partial charge in [-0.2, -0.15) is 15.0 Å². The van der Waals surface area contributed by atoms with E-state index in [9.17, 15) is 14.4 Å². The molecule has 2 heterocycles. The molecule has 0 spiro atoms. The van der Waals surface area contributed by atoms with Crippen LogP contribution < -0.4 is 31.9 Å². The van der Waals surface area contributed by atoms with E-state index in [1.165, 1.54) is 18.3 Å². The number of amides is 5. The van der Waals surface area contributed by atoms with Gasteiger partial charge in [-0.25, -0.2) is 14.6 Å². The Labute approximate surface area is 264 Å². The van der Waals surface area contributed by atoms with Gasteiger partial charge in [0.1, 0.15) is 0 Å². The number of hydrogen-bond acceptors (Lipinski definition) is 9. The Hall–Kier alpha value is -5.31. The minimum absolute atomic E-state index is 0.00184. The van der Waals surface area contributed by atoms with Crippen LogP contribution in [0.5, 0.6) is 0 Å². The lowest BCUT2D eigenvalue weighted by Gasteiger charge is -2.11. The highest BCUT2D eigenvalue weighted by molar-refractivity contribution is 7.14. The topological polar surface area (TPSA) is 175 Å². The van der Waals surface area contributed by atoms with Gasteiger partial charge in [-0.05, 0) is 48.5 Å². The fourth-order valence-electron chi connectivity index (χ4n) is 3.69. The van der Waals surface area contributed by atoms with Crippen LogP contribution in [0.1, 0.15) is 6.92 Å². The number of anilines is 7. The van der Waals surface area contributed by atoms with Crippen LogP contribution >= 0.6 is 34.5 Å². The zero-order valence-electron chi connectivity index (χ0n) is 22.7. The Bertz CT molecular complexity index is 1760. The molecular formula is C28H22Cl2N10O3S. The second kappa shape index (κ2) is 13.8. The van der Waals surface area contributed by atoms with Gasteiger partial charge >= 0.3 is 12.1 Å². The predicted molar refractivity (Wildman–Crippen MR) is 173 cm³/mol. The Balaban J connectivity index is 1.34. The molecule has 0 saturated heterocycles. The van der Waals surface area contributed by atoms with E-state index >= 15 is 0 Å². The molecule has 0 aliphatic carbocycles. The first-order valence-corrected chi connectivity index (χ1v) is 14.4. The third-order valence-corrected chi connectivity index (χ3v) is 6.70. The molecule has 0 saturated carbocycles. The summed E-state index contributed by atoms with van der Waals surface area (Å²) in [6, 6.07) is 19.1. The lowest BCUT2D eigenvalue weighted by atomic mass is 10.1. The van der Waals surface area contributed by atoms with Gasteiger partial charge in [-0.15, -0.1) is 11.3 Å². The Kier molecular flexibility index (Phi) is 9.44. The van der Waals surface area contributed by atoms with E-state index < -0.39 is 12.1 Å². The highest BCUT2D eigenvalue weighted by atomic mass is 35.5. The standard InChI is InChI=1S/C28H22Cl2N10O3S/c1-15(41)31-19-10-8-16(9-11-19)22-14-44-28(34-22)40-25-36-23(38-26(42)32-20-6-2-4-17(29)12-20)35-24(37-25)39-27(43)33-21-7-3-5-18(30)13-21/h2-14H,1H3,(H,31,41)(H5,32,33,34,35,36,37,38,39,40,42,43). The van der Waals surface area contributed by atoms with E-state index in [1.54, 1.807) is 60.7 Å². The Morgan fingerprint density at radius 2 is 1.18 bits per heavy atom. The number of carbonyl (C=O) groups is 3. The third kappa shape index (κ3) is 8.61. The maximum absolute atomic E-state index is 12.7. The molecule has 0 bridgehead atoms. The molecule has 3 aromatic carbocycles. The molecule has 16 heteroatoms. The summed E-state index contributed by atoms with van der Waals surface area (Å²) in [6.07, 6.45) is 0. The molecule has 2 aromatic heterocycles. The molecule has 0 aliphatic rings. The lowest BCUT2D eigenvalue weighted by Crippen LogP contribution is -2.24. The van der Waals surface area contributed by atoms with Crippen molar-refractivity contribution >= 4 is 92.5 Å². The molecular weight excluding hydrogens is 627 g/mol. The maximum atomic E-state index is 12.7. The minimum atomic E-state index is -0.655. The molecule has 222 valence electrons. The van der Waals surface area contributed by atoms with Crippen LogP contribution in [0.25, 0.3) is 11.3 Å². The van der Waals surface area contributed by atoms with E-state index in [0.717, 1.165) is 5.56 Å². The number of rotatable bonds is 8. The van der Waals surface area contributed by atoms with Gasteiger partial charge < -0.3 is 16.0 Å². The van der Waals surface area contributed by atoms with Crippen LogP contribution in [0.15, 0.2) is 78.2 Å². The lowest BCUT2D eigenvalue weighted by molar-refractivity contribution is -0.114. The average molecular weight is 650 g/mol. The van der Waals surface area contributed by atoms with Crippen LogP contribution in [-0.2, 0) is 4.79 Å². The van der Waals surface area contributed by atoms with E-state index in [2.05, 4.69) is 51.8 Å². The van der Waals surface area contributed by atoms with Crippen LogP contribution in [0, 0.1) is 0 Å². The fourth-order valence-corrected chi connectivity index (χ4v) is 4.78. The van der Waals surface area contributed by atoms with Crippen molar-refractivity contribution in [3.8, 4) is 11.3 Å². The molecule has 0 aliphatic heterocycles. The normalized spacial score (nSPS) is 10.4. The van der Waals surface area contributed by atoms with Crippen LogP contribution in [0.4, 0.5) is 49.6 Å². The largest absolute Gasteiger partial charge is 0.326 e. The van der Waals surface area contributed by atoms with E-state index in [4.69, 9.17) is 23.2 Å². The van der Waals surface area contributed by atoms with E-state index in [1.807, 2.05) is 17.5 Å². The highest BCUT2D eigenvalue weighted by Gasteiger charge is 2.15. The summed E-state index contributed by atoms with van der Waals surface area (Å²) in [4.78, 5) is 53.9. The SMILES string of the molecule is CC(=O)Nc1ccc(-c2csc(Nc3nc(NC(=O)Nc4cccc(Cl)c4)nc(NC(=O)Nc4cccc(Cl)c4)n3)n2)cc1. The first-order valence-electron chi connectivity index (χ1n) is 12.7. The van der Waals surface area contributed by atoms with Crippen molar-refractivity contribution in [2.24, 2.45) is 0 Å². The van der Waals surface area contributed by atoms with Gasteiger partial charge in [0.05, 0.1) is 5.69 Å². The number of benzene rings is 3. The summed E-state index contributed by atoms with van der Waals surface area (Å²) >= 11 is 13.3. The number of hydrogen-bond donors (Lipinski definition) is 6. The summed E-state index contributed by atoms with van der Waals surface area (Å²) in [5.74, 6) is -0.490. The van der Waals surface area contributed by atoms with E-state index in [0.29, 0.717) is 37.9 Å². The Morgan fingerprint density at radius 1 is 0.636 bits per heavy atom. The smallest absolute Gasteiger partial charge is 0.326 e. The quantitative estimate of drug-likeness (QED) is 0.102. The molecule has 5 aromatic rings. The van der Waals surface area contributed by atoms with Gasteiger partial charge in [0, 0.05) is 45.0 Å². The molecule has 5 rings (SSSR count). The minimum Gasteiger partial charge on any atom is -0.326 e. The van der Waals surface area contributed by atoms with Crippen molar-refractivity contribution in [2.75, 3.05) is 31.9 Å². The zero-order chi connectivity index (χ0) is 31.1. The van der Waals surface area contributed by atoms with Gasteiger partial charge in [0.2, 0.25) is 23.8 Å². The molecule has 6 N–H and O–H groups in total. The first kappa shape index (κ1) is 30.2. The average Bonchev–Trinajstić information content (AvgIpc) is 3.41. The summed E-state index contributed by atoms with van der Waals surface area (Å²) in [5, 5.41) is 19.2. The van der Waals surface area contributed by atoms with Crippen molar-refractivity contribution in [3.05, 3.63) is 88.2 Å². The number of nitrogens with zero attached hydrogens (tertiary/aromatic N) is 4. The van der Waals surface area contributed by atoms with Crippen molar-refractivity contribution in [1.29, 1.82) is 0 Å². The third-order valence-electron chi connectivity index (χ3n) is 5.48. The fraction of sp³-hybridized carbons (Fsp3) is 0.0357. The maximum Gasteiger partial charge on any atom is 0.326 e. The summed E-state index contributed by atoms with van der Waals surface area (Å²) < 4.78 is 0. The van der Waals surface area contributed by atoms with Crippen molar-refractivity contribution in [1.82, 2.24) is 19.9 Å². The number of urea groups is 2. The van der Waals surface area contributed by atoms with Crippen molar-refractivity contribution < 1.29 is 14.4 Å². The summed E-state index contributed by atoms with van der Waals surface area (Å²) in [7, 11) is 0. The van der Waals surface area contributed by atoms with Crippen molar-refractivity contribution in [3.63, 3.8) is 0 Å². The zero-order valence-corrected chi connectivity index (χ0v) is 25.0. The van der Waals surface area contributed by atoms with Gasteiger partial charge in [-0.3, -0.25) is 20.7 Å². The molecule has 0 unspecified atom stereocenters. The predicted octanol–water partition coefficient (Wildman–Crippen LogP) is 7.29. The Morgan fingerprint density at radius 3 is 1.70 bits per heavy atom. The van der Waals surface area contributed by atoms with Crippen LogP contribution in [-0.4, -0.2) is 37.9 Å². The number of carbonyl (C=O) groups excluding carboxylic acids is 3. The molecule has 0 atom stereocenters. The highest BCUT2D eigenvalue weighted by Crippen LogP contribution is 2.28. The molecule has 0 radical (unpaired) electrons. The van der Waals surface area contributed by atoms with Crippen molar-refractivity contribution in [2.45, 2.75) is 6.92 Å². The van der Waals surface area contributed by atoms with E-state index in [-0.39, 0.29) is 23.8 Å². The van der Waals surface area contributed by atoms with Gasteiger partial charge in [-0.1, -0.05) is 47.5 Å². The number of thiazole rings is 1. The molecule has 13 nitrogen and oxygen atoms in total. The summed E-state index contributed by atoms with van der Waals surface area (Å²) in [6.45, 7) is 1.44. The molecule has 5 amide bonds. The van der Waals surface area contributed by atoms with Crippen LogP contribution in [0.2, 0.25) is 10.0 Å². The monoisotopic (exact) mass is 648 g/mol.